The highest BCUT2D eigenvalue weighted by atomic mass is 16.5. The van der Waals surface area contributed by atoms with Crippen LogP contribution in [-0.4, -0.2) is 33.5 Å². The molecule has 0 bridgehead atoms. The number of rotatable bonds is 8. The molecule has 0 saturated heterocycles. The van der Waals surface area contributed by atoms with E-state index < -0.39 is 0 Å². The molecule has 0 aromatic heterocycles. The molecule has 118 valence electrons. The molecule has 1 saturated carbocycles. The van der Waals surface area contributed by atoms with Crippen molar-refractivity contribution < 1.29 is 14.2 Å². The second-order valence-corrected chi connectivity index (χ2v) is 5.66. The highest BCUT2D eigenvalue weighted by molar-refractivity contribution is 5.42. The molecule has 2 rings (SSSR count). The summed E-state index contributed by atoms with van der Waals surface area (Å²) >= 11 is 0. The van der Waals surface area contributed by atoms with Crippen molar-refractivity contribution in [2.45, 2.75) is 44.2 Å². The van der Waals surface area contributed by atoms with Crippen molar-refractivity contribution in [3.63, 3.8) is 0 Å². The third-order valence-electron chi connectivity index (χ3n) is 4.54. The molecule has 0 radical (unpaired) electrons. The summed E-state index contributed by atoms with van der Waals surface area (Å²) in [4.78, 5) is 0. The van der Waals surface area contributed by atoms with Gasteiger partial charge in [0.05, 0.1) is 19.8 Å². The molecule has 0 spiro atoms. The molecule has 0 amide bonds. The minimum Gasteiger partial charge on any atom is -0.497 e. The number of benzene rings is 1. The first-order chi connectivity index (χ1) is 10.2. The van der Waals surface area contributed by atoms with Gasteiger partial charge in [0.2, 0.25) is 0 Å². The first-order valence-electron chi connectivity index (χ1n) is 7.68. The molecule has 1 aliphatic rings. The molecular formula is C17H27NO3. The van der Waals surface area contributed by atoms with E-state index in [-0.39, 0.29) is 11.6 Å². The van der Waals surface area contributed by atoms with Gasteiger partial charge in [-0.05, 0) is 50.4 Å². The Morgan fingerprint density at radius 1 is 1.19 bits per heavy atom. The topological polar surface area (TPSA) is 39.7 Å². The average Bonchev–Trinajstić information content (AvgIpc) is 2.49. The Kier molecular flexibility index (Phi) is 5.48. The Morgan fingerprint density at radius 3 is 2.43 bits per heavy atom. The minimum atomic E-state index is 0.0148. The number of hydrogen-bond acceptors (Lipinski definition) is 4. The van der Waals surface area contributed by atoms with Crippen molar-refractivity contribution >= 4 is 0 Å². The molecule has 0 heterocycles. The van der Waals surface area contributed by atoms with E-state index in [1.807, 2.05) is 19.2 Å². The second-order valence-electron chi connectivity index (χ2n) is 5.66. The lowest BCUT2D eigenvalue weighted by molar-refractivity contribution is -0.0838. The Balaban J connectivity index is 2.28. The van der Waals surface area contributed by atoms with Crippen molar-refractivity contribution in [1.82, 2.24) is 5.32 Å². The Bertz CT molecular complexity index is 452. The molecule has 4 nitrogen and oxygen atoms in total. The quantitative estimate of drug-likeness (QED) is 0.798. The van der Waals surface area contributed by atoms with Crippen molar-refractivity contribution in [3.05, 3.63) is 23.8 Å². The van der Waals surface area contributed by atoms with Crippen molar-refractivity contribution in [2.24, 2.45) is 0 Å². The molecule has 0 aliphatic heterocycles. The fraction of sp³-hybridized carbons (Fsp3) is 0.647. The van der Waals surface area contributed by atoms with Gasteiger partial charge in [0.15, 0.2) is 0 Å². The number of methoxy groups -OCH3 is 3. The summed E-state index contributed by atoms with van der Waals surface area (Å²) in [5, 5.41) is 3.57. The molecule has 1 aromatic rings. The zero-order valence-corrected chi connectivity index (χ0v) is 13.6. The third-order valence-corrected chi connectivity index (χ3v) is 4.54. The van der Waals surface area contributed by atoms with Gasteiger partial charge in [-0.25, -0.2) is 0 Å². The van der Waals surface area contributed by atoms with Gasteiger partial charge in [-0.3, -0.25) is 0 Å². The Labute approximate surface area is 127 Å². The van der Waals surface area contributed by atoms with Crippen molar-refractivity contribution in [3.8, 4) is 11.5 Å². The van der Waals surface area contributed by atoms with E-state index in [1.54, 1.807) is 14.2 Å². The summed E-state index contributed by atoms with van der Waals surface area (Å²) in [6.07, 6.45) is 4.48. The molecule has 1 atom stereocenters. The molecule has 1 N–H and O–H groups in total. The summed E-state index contributed by atoms with van der Waals surface area (Å²) in [6.45, 7) is 3.03. The van der Waals surface area contributed by atoms with E-state index in [2.05, 4.69) is 18.3 Å². The molecule has 1 fully saturated rings. The molecular weight excluding hydrogens is 266 g/mol. The van der Waals surface area contributed by atoms with Gasteiger partial charge in [0.1, 0.15) is 11.5 Å². The summed E-state index contributed by atoms with van der Waals surface area (Å²) in [5.41, 5.74) is 1.16. The lowest BCUT2D eigenvalue weighted by Crippen LogP contribution is -2.43. The SMILES string of the molecule is CCNC(CC1(OC)CCC1)c1cc(OC)ccc1OC. The Hall–Kier alpha value is -1.26. The van der Waals surface area contributed by atoms with Crippen LogP contribution in [-0.2, 0) is 4.74 Å². The van der Waals surface area contributed by atoms with Gasteiger partial charge in [-0.1, -0.05) is 6.92 Å². The van der Waals surface area contributed by atoms with Gasteiger partial charge in [0, 0.05) is 18.7 Å². The lowest BCUT2D eigenvalue weighted by atomic mass is 9.74. The van der Waals surface area contributed by atoms with Crippen LogP contribution < -0.4 is 14.8 Å². The molecule has 4 heteroatoms. The zero-order chi connectivity index (χ0) is 15.3. The molecule has 1 aromatic carbocycles. The summed E-state index contributed by atoms with van der Waals surface area (Å²) < 4.78 is 16.7. The maximum atomic E-state index is 5.79. The first kappa shape index (κ1) is 16.1. The van der Waals surface area contributed by atoms with Crippen LogP contribution in [0.2, 0.25) is 0 Å². The maximum absolute atomic E-state index is 5.79. The fourth-order valence-electron chi connectivity index (χ4n) is 3.08. The van der Waals surface area contributed by atoms with Crippen LogP contribution in [0.15, 0.2) is 18.2 Å². The molecule has 21 heavy (non-hydrogen) atoms. The van der Waals surface area contributed by atoms with Crippen molar-refractivity contribution in [2.75, 3.05) is 27.9 Å². The highest BCUT2D eigenvalue weighted by Gasteiger charge is 2.39. The van der Waals surface area contributed by atoms with Gasteiger partial charge in [0.25, 0.3) is 0 Å². The highest BCUT2D eigenvalue weighted by Crippen LogP contribution is 2.43. The smallest absolute Gasteiger partial charge is 0.123 e. The van der Waals surface area contributed by atoms with Crippen LogP contribution in [0.25, 0.3) is 0 Å². The van der Waals surface area contributed by atoms with E-state index in [0.29, 0.717) is 0 Å². The van der Waals surface area contributed by atoms with E-state index in [9.17, 15) is 0 Å². The number of hydrogen-bond donors (Lipinski definition) is 1. The van der Waals surface area contributed by atoms with E-state index in [1.165, 1.54) is 6.42 Å². The van der Waals surface area contributed by atoms with E-state index >= 15 is 0 Å². The van der Waals surface area contributed by atoms with Gasteiger partial charge in [-0.15, -0.1) is 0 Å². The van der Waals surface area contributed by atoms with Gasteiger partial charge in [-0.2, -0.15) is 0 Å². The summed E-state index contributed by atoms with van der Waals surface area (Å²) in [7, 11) is 5.23. The normalized spacial score (nSPS) is 17.9. The van der Waals surface area contributed by atoms with E-state index in [0.717, 1.165) is 42.9 Å². The zero-order valence-electron chi connectivity index (χ0n) is 13.6. The van der Waals surface area contributed by atoms with Crippen LogP contribution in [0.4, 0.5) is 0 Å². The molecule has 1 unspecified atom stereocenters. The standard InChI is InChI=1S/C17H27NO3/c1-5-18-15(12-17(21-4)9-6-10-17)14-11-13(19-2)7-8-16(14)20-3/h7-8,11,15,18H,5-6,9-10,12H2,1-4H3. The largest absolute Gasteiger partial charge is 0.497 e. The predicted octanol–water partition coefficient (Wildman–Crippen LogP) is 3.31. The van der Waals surface area contributed by atoms with E-state index in [4.69, 9.17) is 14.2 Å². The van der Waals surface area contributed by atoms with Gasteiger partial charge >= 0.3 is 0 Å². The fourth-order valence-corrected chi connectivity index (χ4v) is 3.08. The number of nitrogens with one attached hydrogen (secondary N) is 1. The Morgan fingerprint density at radius 2 is 1.95 bits per heavy atom. The van der Waals surface area contributed by atoms with Crippen LogP contribution in [0.5, 0.6) is 11.5 Å². The maximum Gasteiger partial charge on any atom is 0.123 e. The van der Waals surface area contributed by atoms with Crippen LogP contribution in [0.1, 0.15) is 44.2 Å². The van der Waals surface area contributed by atoms with Crippen LogP contribution in [0.3, 0.4) is 0 Å². The number of ether oxygens (including phenoxy) is 3. The average molecular weight is 293 g/mol. The monoisotopic (exact) mass is 293 g/mol. The lowest BCUT2D eigenvalue weighted by Gasteiger charge is -2.43. The molecule has 1 aliphatic carbocycles. The minimum absolute atomic E-state index is 0.0148. The summed E-state index contributed by atoms with van der Waals surface area (Å²) in [5.74, 6) is 1.75. The second kappa shape index (κ2) is 7.14. The first-order valence-corrected chi connectivity index (χ1v) is 7.68. The van der Waals surface area contributed by atoms with Crippen LogP contribution in [0, 0.1) is 0 Å². The van der Waals surface area contributed by atoms with Crippen molar-refractivity contribution in [1.29, 1.82) is 0 Å². The predicted molar refractivity (Wildman–Crippen MR) is 84.2 cm³/mol. The van der Waals surface area contributed by atoms with Crippen LogP contribution >= 0.6 is 0 Å². The summed E-state index contributed by atoms with van der Waals surface area (Å²) in [6, 6.07) is 6.17. The van der Waals surface area contributed by atoms with Gasteiger partial charge < -0.3 is 19.5 Å². The third kappa shape index (κ3) is 3.50.